The smallest absolute Gasteiger partial charge is 0.228 e. The number of nitrogens with one attached hydrogen (secondary N) is 1. The molecule has 0 heterocycles. The number of halogens is 1. The number of aryl methyl sites for hydroxylation is 1. The summed E-state index contributed by atoms with van der Waals surface area (Å²) in [5.41, 5.74) is 2.61. The molecule has 4 heteroatoms. The van der Waals surface area contributed by atoms with Gasteiger partial charge in [-0.05, 0) is 58.2 Å². The van der Waals surface area contributed by atoms with Gasteiger partial charge < -0.3 is 10.4 Å². The van der Waals surface area contributed by atoms with Crippen molar-refractivity contribution in [1.29, 1.82) is 0 Å². The van der Waals surface area contributed by atoms with E-state index >= 15 is 0 Å². The van der Waals surface area contributed by atoms with Crippen molar-refractivity contribution in [3.05, 3.63) is 58.1 Å². The fourth-order valence-electron chi connectivity index (χ4n) is 1.78. The van der Waals surface area contributed by atoms with Crippen LogP contribution in [0, 0.1) is 6.92 Å². The number of carbonyl (C=O) groups is 1. The van der Waals surface area contributed by atoms with E-state index in [2.05, 4.69) is 21.2 Å². The number of hydrogen-bond acceptors (Lipinski definition) is 2. The van der Waals surface area contributed by atoms with Gasteiger partial charge in [-0.25, -0.2) is 0 Å². The molecule has 2 N–H and O–H groups in total. The van der Waals surface area contributed by atoms with Crippen molar-refractivity contribution in [1.82, 2.24) is 0 Å². The largest absolute Gasteiger partial charge is 0.508 e. The number of aromatic hydroxyl groups is 1. The van der Waals surface area contributed by atoms with Crippen molar-refractivity contribution in [3.8, 4) is 5.75 Å². The molecule has 0 aliphatic rings. The van der Waals surface area contributed by atoms with Crippen molar-refractivity contribution >= 4 is 27.5 Å². The van der Waals surface area contributed by atoms with Crippen LogP contribution >= 0.6 is 15.9 Å². The molecule has 0 unspecified atom stereocenters. The van der Waals surface area contributed by atoms with E-state index in [1.807, 2.05) is 31.2 Å². The minimum absolute atomic E-state index is 0.114. The Morgan fingerprint density at radius 1 is 1.26 bits per heavy atom. The third-order valence-electron chi connectivity index (χ3n) is 2.67. The summed E-state index contributed by atoms with van der Waals surface area (Å²) in [4.78, 5) is 11.9. The van der Waals surface area contributed by atoms with Crippen molar-refractivity contribution in [3.63, 3.8) is 0 Å². The molecule has 3 nitrogen and oxygen atoms in total. The Hall–Kier alpha value is -1.81. The van der Waals surface area contributed by atoms with Crippen molar-refractivity contribution in [2.75, 3.05) is 5.32 Å². The summed E-state index contributed by atoms with van der Waals surface area (Å²) in [5.74, 6) is 0.0546. The summed E-state index contributed by atoms with van der Waals surface area (Å²) in [5, 5.41) is 12.2. The lowest BCUT2D eigenvalue weighted by Crippen LogP contribution is -2.14. The molecule has 2 aromatic rings. The molecule has 0 radical (unpaired) electrons. The molecule has 0 fully saturated rings. The summed E-state index contributed by atoms with van der Waals surface area (Å²) in [6, 6.07) is 12.5. The molecule has 0 aliphatic carbocycles. The molecule has 2 rings (SSSR count). The van der Waals surface area contributed by atoms with Gasteiger partial charge in [0.1, 0.15) is 5.75 Å². The predicted octanol–water partition coefficient (Wildman–Crippen LogP) is 3.64. The molecule has 98 valence electrons. The summed E-state index contributed by atoms with van der Waals surface area (Å²) >= 11 is 3.40. The zero-order valence-electron chi connectivity index (χ0n) is 10.5. The minimum atomic E-state index is -0.114. The Morgan fingerprint density at radius 3 is 2.79 bits per heavy atom. The molecular formula is C15H14BrNO2. The molecule has 2 aromatic carbocycles. The van der Waals surface area contributed by atoms with E-state index in [-0.39, 0.29) is 18.1 Å². The normalized spacial score (nSPS) is 10.2. The van der Waals surface area contributed by atoms with E-state index in [1.165, 1.54) is 0 Å². The number of phenolic OH excluding ortho intramolecular Hbond substituents is 1. The third kappa shape index (κ3) is 3.83. The average Bonchev–Trinajstić information content (AvgIpc) is 2.34. The lowest BCUT2D eigenvalue weighted by atomic mass is 10.1. The summed E-state index contributed by atoms with van der Waals surface area (Å²) in [6.45, 7) is 1.97. The highest BCUT2D eigenvalue weighted by molar-refractivity contribution is 9.10. The summed E-state index contributed by atoms with van der Waals surface area (Å²) < 4.78 is 0.849. The second-order valence-electron chi connectivity index (χ2n) is 4.38. The third-order valence-corrected chi connectivity index (χ3v) is 3.36. The molecule has 0 saturated heterocycles. The van der Waals surface area contributed by atoms with Gasteiger partial charge in [-0.3, -0.25) is 4.79 Å². The van der Waals surface area contributed by atoms with E-state index in [0.717, 1.165) is 21.3 Å². The molecule has 0 spiro atoms. The second-order valence-corrected chi connectivity index (χ2v) is 5.23. The van der Waals surface area contributed by atoms with E-state index in [1.54, 1.807) is 18.2 Å². The molecule has 0 atom stereocenters. The predicted molar refractivity (Wildman–Crippen MR) is 79.3 cm³/mol. The molecule has 0 saturated carbocycles. The van der Waals surface area contributed by atoms with Crippen molar-refractivity contribution in [2.24, 2.45) is 0 Å². The second kappa shape index (κ2) is 5.89. The van der Waals surface area contributed by atoms with Crippen LogP contribution in [-0.2, 0) is 11.2 Å². The van der Waals surface area contributed by atoms with Crippen LogP contribution in [0.5, 0.6) is 5.75 Å². The summed E-state index contributed by atoms with van der Waals surface area (Å²) in [7, 11) is 0. The Bertz CT molecular complexity index is 611. The standard InChI is InChI=1S/C15H14BrNO2/c1-10-5-6-13(16)14(7-10)17-15(19)9-11-3-2-4-12(18)8-11/h2-8,18H,9H2,1H3,(H,17,19). The van der Waals surface area contributed by atoms with Gasteiger partial charge in [-0.2, -0.15) is 0 Å². The highest BCUT2D eigenvalue weighted by Gasteiger charge is 2.07. The molecule has 1 amide bonds. The number of hydrogen-bond donors (Lipinski definition) is 2. The lowest BCUT2D eigenvalue weighted by Gasteiger charge is -2.08. The first-order valence-corrected chi connectivity index (χ1v) is 6.68. The van der Waals surface area contributed by atoms with Gasteiger partial charge in [0.05, 0.1) is 12.1 Å². The molecular weight excluding hydrogens is 306 g/mol. The van der Waals surface area contributed by atoms with E-state index in [9.17, 15) is 9.90 Å². The number of phenols is 1. The topological polar surface area (TPSA) is 49.3 Å². The Balaban J connectivity index is 2.07. The zero-order valence-corrected chi connectivity index (χ0v) is 12.1. The Morgan fingerprint density at radius 2 is 2.05 bits per heavy atom. The molecule has 0 aliphatic heterocycles. The zero-order chi connectivity index (χ0) is 13.8. The van der Waals surface area contributed by atoms with Gasteiger partial charge in [0.25, 0.3) is 0 Å². The van der Waals surface area contributed by atoms with Gasteiger partial charge in [0, 0.05) is 4.47 Å². The molecule has 0 bridgehead atoms. The quantitative estimate of drug-likeness (QED) is 0.907. The number of anilines is 1. The Kier molecular flexibility index (Phi) is 4.22. The van der Waals surface area contributed by atoms with Crippen molar-refractivity contribution in [2.45, 2.75) is 13.3 Å². The number of rotatable bonds is 3. The first kappa shape index (κ1) is 13.6. The van der Waals surface area contributed by atoms with E-state index < -0.39 is 0 Å². The number of benzene rings is 2. The van der Waals surface area contributed by atoms with Crippen molar-refractivity contribution < 1.29 is 9.90 Å². The fraction of sp³-hybridized carbons (Fsp3) is 0.133. The SMILES string of the molecule is Cc1ccc(Br)c(NC(=O)Cc2cccc(O)c2)c1. The first-order valence-electron chi connectivity index (χ1n) is 5.88. The van der Waals surface area contributed by atoms with Crippen LogP contribution in [0.2, 0.25) is 0 Å². The van der Waals surface area contributed by atoms with Crippen LogP contribution in [0.1, 0.15) is 11.1 Å². The number of amides is 1. The van der Waals surface area contributed by atoms with Crippen LogP contribution in [0.15, 0.2) is 46.9 Å². The molecule has 19 heavy (non-hydrogen) atoms. The van der Waals surface area contributed by atoms with E-state index in [4.69, 9.17) is 0 Å². The maximum atomic E-state index is 11.9. The average molecular weight is 320 g/mol. The van der Waals surface area contributed by atoms with Gasteiger partial charge in [0.15, 0.2) is 0 Å². The van der Waals surface area contributed by atoms with Gasteiger partial charge in [-0.1, -0.05) is 18.2 Å². The fourth-order valence-corrected chi connectivity index (χ4v) is 2.13. The first-order chi connectivity index (χ1) is 9.04. The van der Waals surface area contributed by atoms with E-state index in [0.29, 0.717) is 0 Å². The van der Waals surface area contributed by atoms with Crippen LogP contribution in [0.3, 0.4) is 0 Å². The molecule has 0 aromatic heterocycles. The van der Waals surface area contributed by atoms with Gasteiger partial charge in [-0.15, -0.1) is 0 Å². The summed E-state index contributed by atoms with van der Waals surface area (Å²) in [6.07, 6.45) is 0.231. The van der Waals surface area contributed by atoms with Gasteiger partial charge >= 0.3 is 0 Å². The van der Waals surface area contributed by atoms with Crippen LogP contribution in [0.25, 0.3) is 0 Å². The van der Waals surface area contributed by atoms with Gasteiger partial charge in [0.2, 0.25) is 5.91 Å². The Labute approximate surface area is 120 Å². The van der Waals surface area contributed by atoms with Crippen LogP contribution in [-0.4, -0.2) is 11.0 Å². The maximum Gasteiger partial charge on any atom is 0.228 e. The number of carbonyl (C=O) groups excluding carboxylic acids is 1. The van der Waals surface area contributed by atoms with Crippen LogP contribution < -0.4 is 5.32 Å². The highest BCUT2D eigenvalue weighted by atomic mass is 79.9. The lowest BCUT2D eigenvalue weighted by molar-refractivity contribution is -0.115. The monoisotopic (exact) mass is 319 g/mol. The maximum absolute atomic E-state index is 11.9. The minimum Gasteiger partial charge on any atom is -0.508 e. The highest BCUT2D eigenvalue weighted by Crippen LogP contribution is 2.23. The van der Waals surface area contributed by atoms with Crippen LogP contribution in [0.4, 0.5) is 5.69 Å².